The monoisotopic (exact) mass is 340 g/mol. The number of anilines is 1. The molecule has 0 unspecified atom stereocenters. The quantitative estimate of drug-likeness (QED) is 0.926. The van der Waals surface area contributed by atoms with Gasteiger partial charge in [0, 0.05) is 57.2 Å². The molecule has 2 aliphatic heterocycles. The van der Waals surface area contributed by atoms with Crippen molar-refractivity contribution in [3.8, 4) is 0 Å². The van der Waals surface area contributed by atoms with Crippen LogP contribution in [0.4, 0.5) is 5.95 Å². The lowest BCUT2D eigenvalue weighted by Gasteiger charge is -2.21. The van der Waals surface area contributed by atoms with E-state index in [1.54, 1.807) is 0 Å². The molecule has 25 heavy (non-hydrogen) atoms. The maximum atomic E-state index is 4.76. The normalized spacial score (nSPS) is 24.3. The number of nitrogens with one attached hydrogen (secondary N) is 1. The predicted molar refractivity (Wildman–Crippen MR) is 98.4 cm³/mol. The van der Waals surface area contributed by atoms with E-state index in [0.29, 0.717) is 0 Å². The number of fused-ring (bicyclic) bond motifs is 1. The van der Waals surface area contributed by atoms with Crippen molar-refractivity contribution in [3.05, 3.63) is 35.7 Å². The van der Waals surface area contributed by atoms with Gasteiger partial charge in [-0.05, 0) is 37.7 Å². The van der Waals surface area contributed by atoms with E-state index >= 15 is 0 Å². The van der Waals surface area contributed by atoms with Crippen LogP contribution >= 0.6 is 0 Å². The fraction of sp³-hybridized carbons (Fsp3) is 0.632. The molecule has 2 atom stereocenters. The summed E-state index contributed by atoms with van der Waals surface area (Å²) in [6.07, 6.45) is 7.13. The van der Waals surface area contributed by atoms with E-state index in [1.807, 2.05) is 18.5 Å². The molecule has 4 rings (SSSR count). The molecule has 6 heteroatoms. The van der Waals surface area contributed by atoms with E-state index in [9.17, 15) is 0 Å². The zero-order chi connectivity index (χ0) is 17.2. The molecule has 0 aliphatic carbocycles. The largest absolute Gasteiger partial charge is 0.346 e. The standard InChI is InChI=1S/C19H28N6/c1-3-18-22-14(2)17(23-18)13-24-11-15-5-9-25(10-6-16(15)12-24)19-20-7-4-8-21-19/h4,7-8,15-16H,3,5-6,9-13H2,1-2H3,(H,22,23)/t15-,16+. The predicted octanol–water partition coefficient (Wildman–Crippen LogP) is 2.42. The fourth-order valence-corrected chi connectivity index (χ4v) is 4.33. The van der Waals surface area contributed by atoms with Gasteiger partial charge in [0.2, 0.25) is 5.95 Å². The Morgan fingerprint density at radius 1 is 1.12 bits per heavy atom. The third-order valence-corrected chi connectivity index (χ3v) is 5.77. The lowest BCUT2D eigenvalue weighted by Crippen LogP contribution is -2.28. The number of aromatic amines is 1. The van der Waals surface area contributed by atoms with Crippen molar-refractivity contribution in [1.29, 1.82) is 0 Å². The number of imidazole rings is 1. The number of aromatic nitrogens is 4. The van der Waals surface area contributed by atoms with E-state index in [2.05, 4.69) is 38.6 Å². The number of aryl methyl sites for hydroxylation is 2. The van der Waals surface area contributed by atoms with Crippen LogP contribution in [0.2, 0.25) is 0 Å². The van der Waals surface area contributed by atoms with E-state index in [4.69, 9.17) is 4.98 Å². The molecule has 0 saturated carbocycles. The summed E-state index contributed by atoms with van der Waals surface area (Å²) >= 11 is 0. The highest BCUT2D eigenvalue weighted by atomic mass is 15.3. The van der Waals surface area contributed by atoms with Crippen LogP contribution in [0, 0.1) is 18.8 Å². The minimum Gasteiger partial charge on any atom is -0.346 e. The number of likely N-dealkylation sites (tertiary alicyclic amines) is 1. The second-order valence-corrected chi connectivity index (χ2v) is 7.44. The second kappa shape index (κ2) is 7.12. The molecule has 0 radical (unpaired) electrons. The van der Waals surface area contributed by atoms with Crippen molar-refractivity contribution in [2.45, 2.75) is 39.7 Å². The first-order chi connectivity index (χ1) is 12.2. The molecule has 0 spiro atoms. The molecule has 0 aromatic carbocycles. The Hall–Kier alpha value is -1.95. The highest BCUT2D eigenvalue weighted by Gasteiger charge is 2.35. The van der Waals surface area contributed by atoms with Crippen molar-refractivity contribution in [1.82, 2.24) is 24.8 Å². The molecule has 0 bridgehead atoms. The molecular formula is C19H28N6. The Morgan fingerprint density at radius 2 is 1.80 bits per heavy atom. The highest BCUT2D eigenvalue weighted by molar-refractivity contribution is 5.28. The van der Waals surface area contributed by atoms with Crippen molar-refractivity contribution in [3.63, 3.8) is 0 Å². The Kier molecular flexibility index (Phi) is 4.70. The van der Waals surface area contributed by atoms with E-state index < -0.39 is 0 Å². The summed E-state index contributed by atoms with van der Waals surface area (Å²) in [6, 6.07) is 1.88. The van der Waals surface area contributed by atoms with Gasteiger partial charge in [0.05, 0.1) is 5.69 Å². The lowest BCUT2D eigenvalue weighted by atomic mass is 9.92. The molecule has 6 nitrogen and oxygen atoms in total. The van der Waals surface area contributed by atoms with Gasteiger partial charge in [0.15, 0.2) is 0 Å². The topological polar surface area (TPSA) is 60.9 Å². The van der Waals surface area contributed by atoms with Gasteiger partial charge in [0.1, 0.15) is 5.82 Å². The maximum Gasteiger partial charge on any atom is 0.225 e. The smallest absolute Gasteiger partial charge is 0.225 e. The number of H-pyrrole nitrogens is 1. The summed E-state index contributed by atoms with van der Waals surface area (Å²) in [5.74, 6) is 3.58. The van der Waals surface area contributed by atoms with Gasteiger partial charge in [-0.1, -0.05) is 6.92 Å². The Balaban J connectivity index is 1.36. The summed E-state index contributed by atoms with van der Waals surface area (Å²) in [4.78, 5) is 22.0. The highest BCUT2D eigenvalue weighted by Crippen LogP contribution is 2.33. The van der Waals surface area contributed by atoms with Gasteiger partial charge >= 0.3 is 0 Å². The summed E-state index contributed by atoms with van der Waals surface area (Å²) in [7, 11) is 0. The van der Waals surface area contributed by atoms with Crippen molar-refractivity contribution in [2.75, 3.05) is 31.1 Å². The van der Waals surface area contributed by atoms with E-state index in [0.717, 1.165) is 49.7 Å². The lowest BCUT2D eigenvalue weighted by molar-refractivity contribution is 0.305. The molecular weight excluding hydrogens is 312 g/mol. The molecule has 2 aliphatic rings. The van der Waals surface area contributed by atoms with Gasteiger partial charge in [-0.3, -0.25) is 4.90 Å². The number of rotatable bonds is 4. The van der Waals surface area contributed by atoms with Crippen LogP contribution in [0.25, 0.3) is 0 Å². The first-order valence-electron chi connectivity index (χ1n) is 9.51. The number of nitrogens with zero attached hydrogens (tertiary/aromatic N) is 5. The van der Waals surface area contributed by atoms with Gasteiger partial charge in [-0.25, -0.2) is 15.0 Å². The van der Waals surface area contributed by atoms with Crippen LogP contribution in [-0.2, 0) is 13.0 Å². The van der Waals surface area contributed by atoms with Crippen molar-refractivity contribution in [2.24, 2.45) is 11.8 Å². The molecule has 4 heterocycles. The van der Waals surface area contributed by atoms with Crippen LogP contribution in [0.15, 0.2) is 18.5 Å². The minimum absolute atomic E-state index is 0.790. The molecule has 0 amide bonds. The van der Waals surface area contributed by atoms with Gasteiger partial charge in [-0.15, -0.1) is 0 Å². The zero-order valence-corrected chi connectivity index (χ0v) is 15.3. The van der Waals surface area contributed by atoms with Crippen molar-refractivity contribution >= 4 is 5.95 Å². The average Bonchev–Trinajstić information content (AvgIpc) is 3.13. The fourth-order valence-electron chi connectivity index (χ4n) is 4.33. The summed E-state index contributed by atoms with van der Waals surface area (Å²) in [5.41, 5.74) is 2.46. The SMILES string of the molecule is CCc1nc(CN2C[C@H]3CCN(c4ncccn4)CC[C@H]3C2)c(C)[nH]1. The number of hydrogen-bond acceptors (Lipinski definition) is 5. The second-order valence-electron chi connectivity index (χ2n) is 7.44. The molecule has 134 valence electrons. The third kappa shape index (κ3) is 3.54. The van der Waals surface area contributed by atoms with Gasteiger partial charge < -0.3 is 9.88 Å². The summed E-state index contributed by atoms with van der Waals surface area (Å²) in [5, 5.41) is 0. The molecule has 2 fully saturated rings. The summed E-state index contributed by atoms with van der Waals surface area (Å²) in [6.45, 7) is 9.82. The minimum atomic E-state index is 0.790. The molecule has 2 saturated heterocycles. The first kappa shape index (κ1) is 16.5. The Morgan fingerprint density at radius 3 is 2.40 bits per heavy atom. The molecule has 1 N–H and O–H groups in total. The van der Waals surface area contributed by atoms with Crippen LogP contribution in [0.5, 0.6) is 0 Å². The Bertz CT molecular complexity index is 681. The van der Waals surface area contributed by atoms with Crippen molar-refractivity contribution < 1.29 is 0 Å². The van der Waals surface area contributed by atoms with Crippen LogP contribution < -0.4 is 4.90 Å². The molecule has 2 aromatic rings. The van der Waals surface area contributed by atoms with Gasteiger partial charge in [0.25, 0.3) is 0 Å². The van der Waals surface area contributed by atoms with Crippen LogP contribution in [0.1, 0.15) is 37.0 Å². The summed E-state index contributed by atoms with van der Waals surface area (Å²) < 4.78 is 0. The Labute approximate surface area is 149 Å². The number of hydrogen-bond donors (Lipinski definition) is 1. The zero-order valence-electron chi connectivity index (χ0n) is 15.3. The first-order valence-corrected chi connectivity index (χ1v) is 9.51. The van der Waals surface area contributed by atoms with Crippen LogP contribution in [-0.4, -0.2) is 51.0 Å². The van der Waals surface area contributed by atoms with Crippen LogP contribution in [0.3, 0.4) is 0 Å². The van der Waals surface area contributed by atoms with Gasteiger partial charge in [-0.2, -0.15) is 0 Å². The van der Waals surface area contributed by atoms with E-state index in [-0.39, 0.29) is 0 Å². The molecule has 2 aromatic heterocycles. The average molecular weight is 340 g/mol. The third-order valence-electron chi connectivity index (χ3n) is 5.77. The van der Waals surface area contributed by atoms with E-state index in [1.165, 1.54) is 37.3 Å². The maximum absolute atomic E-state index is 4.76.